The zero-order valence-corrected chi connectivity index (χ0v) is 13.8. The Morgan fingerprint density at radius 2 is 1.58 bits per heavy atom. The number of nitrogens with zero attached hydrogens (tertiary/aromatic N) is 4. The zero-order chi connectivity index (χ0) is 17.1. The van der Waals surface area contributed by atoms with Crippen LogP contribution in [0.4, 0.5) is 22.7 Å². The summed E-state index contributed by atoms with van der Waals surface area (Å²) >= 11 is 6.50. The molecule has 1 aliphatic heterocycles. The van der Waals surface area contributed by atoms with Gasteiger partial charge in [-0.05, 0) is 36.4 Å². The van der Waals surface area contributed by atoms with Gasteiger partial charge < -0.3 is 0 Å². The molecule has 1 aliphatic rings. The Labute approximate surface area is 146 Å². The summed E-state index contributed by atoms with van der Waals surface area (Å²) in [5, 5.41) is 18.7. The van der Waals surface area contributed by atoms with Crippen LogP contribution in [0.25, 0.3) is 0 Å². The molecular formula is C15H10N4O3S2. The number of carbonyl (C=O) groups excluding carboxylic acids is 1. The SMILES string of the molecule is O=C1CSC(=S)N1c1ccc(N=Nc2ccc([N+](=O)[O-])cc2)cc1. The summed E-state index contributed by atoms with van der Waals surface area (Å²) in [6.07, 6.45) is 0. The highest BCUT2D eigenvalue weighted by molar-refractivity contribution is 8.24. The predicted octanol–water partition coefficient (Wildman–Crippen LogP) is 4.37. The van der Waals surface area contributed by atoms with Gasteiger partial charge >= 0.3 is 0 Å². The number of nitro benzene ring substituents is 1. The molecule has 0 N–H and O–H groups in total. The Morgan fingerprint density at radius 1 is 1.04 bits per heavy atom. The topological polar surface area (TPSA) is 88.2 Å². The summed E-state index contributed by atoms with van der Waals surface area (Å²) in [5.74, 6) is 0.325. The third-order valence-electron chi connectivity index (χ3n) is 3.20. The van der Waals surface area contributed by atoms with Crippen LogP contribution in [0, 0.1) is 10.1 Å². The maximum Gasteiger partial charge on any atom is 0.269 e. The molecule has 24 heavy (non-hydrogen) atoms. The minimum Gasteiger partial charge on any atom is -0.273 e. The first-order valence-corrected chi connectivity index (χ1v) is 8.20. The molecule has 2 aromatic rings. The molecule has 2 aromatic carbocycles. The highest BCUT2D eigenvalue weighted by Gasteiger charge is 2.27. The van der Waals surface area contributed by atoms with Crippen molar-refractivity contribution in [2.45, 2.75) is 0 Å². The fourth-order valence-corrected chi connectivity index (χ4v) is 3.13. The number of amides is 1. The highest BCUT2D eigenvalue weighted by atomic mass is 32.2. The van der Waals surface area contributed by atoms with Crippen molar-refractivity contribution >= 4 is 57.0 Å². The predicted molar refractivity (Wildman–Crippen MR) is 96.3 cm³/mol. The van der Waals surface area contributed by atoms with Crippen molar-refractivity contribution in [2.24, 2.45) is 10.2 Å². The van der Waals surface area contributed by atoms with Gasteiger partial charge in [-0.3, -0.25) is 19.8 Å². The minimum atomic E-state index is -0.470. The van der Waals surface area contributed by atoms with Crippen molar-refractivity contribution in [1.29, 1.82) is 0 Å². The number of benzene rings is 2. The third-order valence-corrected chi connectivity index (χ3v) is 4.56. The number of thiocarbonyl (C=S) groups is 1. The van der Waals surface area contributed by atoms with E-state index >= 15 is 0 Å². The van der Waals surface area contributed by atoms with Gasteiger partial charge in [-0.1, -0.05) is 24.0 Å². The Hall–Kier alpha value is -2.65. The molecular weight excluding hydrogens is 348 g/mol. The van der Waals surface area contributed by atoms with Crippen molar-refractivity contribution in [3.63, 3.8) is 0 Å². The van der Waals surface area contributed by atoms with Gasteiger partial charge in [0.2, 0.25) is 5.91 Å². The Morgan fingerprint density at radius 3 is 2.04 bits per heavy atom. The molecule has 0 unspecified atom stereocenters. The summed E-state index contributed by atoms with van der Waals surface area (Å²) in [6, 6.07) is 12.7. The number of carbonyl (C=O) groups is 1. The number of anilines is 1. The number of hydrogen-bond donors (Lipinski definition) is 0. The van der Waals surface area contributed by atoms with E-state index in [1.54, 1.807) is 24.3 Å². The molecule has 3 rings (SSSR count). The van der Waals surface area contributed by atoms with E-state index in [-0.39, 0.29) is 11.6 Å². The van der Waals surface area contributed by atoms with Crippen molar-refractivity contribution in [2.75, 3.05) is 10.7 Å². The van der Waals surface area contributed by atoms with E-state index in [0.29, 0.717) is 27.1 Å². The first kappa shape index (κ1) is 16.2. The van der Waals surface area contributed by atoms with Crippen LogP contribution in [0.5, 0.6) is 0 Å². The highest BCUT2D eigenvalue weighted by Crippen LogP contribution is 2.29. The molecule has 0 saturated carbocycles. The maximum atomic E-state index is 11.8. The van der Waals surface area contributed by atoms with Gasteiger partial charge in [0.1, 0.15) is 4.32 Å². The van der Waals surface area contributed by atoms with E-state index in [9.17, 15) is 14.9 Å². The molecule has 0 atom stereocenters. The Kier molecular flexibility index (Phi) is 4.63. The molecule has 1 saturated heterocycles. The largest absolute Gasteiger partial charge is 0.273 e. The second-order valence-electron chi connectivity index (χ2n) is 4.77. The molecule has 120 valence electrons. The van der Waals surface area contributed by atoms with Gasteiger partial charge in [-0.15, -0.1) is 0 Å². The van der Waals surface area contributed by atoms with Gasteiger partial charge in [0.25, 0.3) is 5.69 Å². The molecule has 9 heteroatoms. The van der Waals surface area contributed by atoms with Crippen LogP contribution in [-0.2, 0) is 4.79 Å². The molecule has 0 spiro atoms. The van der Waals surface area contributed by atoms with Crippen molar-refractivity contribution in [3.8, 4) is 0 Å². The fraction of sp³-hybridized carbons (Fsp3) is 0.0667. The quantitative estimate of drug-likeness (QED) is 0.350. The second kappa shape index (κ2) is 6.85. The smallest absolute Gasteiger partial charge is 0.269 e. The van der Waals surface area contributed by atoms with E-state index < -0.39 is 4.92 Å². The summed E-state index contributed by atoms with van der Waals surface area (Å²) in [6.45, 7) is 0. The number of rotatable bonds is 4. The number of non-ortho nitro benzene ring substituents is 1. The van der Waals surface area contributed by atoms with Crippen molar-refractivity contribution < 1.29 is 9.72 Å². The van der Waals surface area contributed by atoms with Crippen LogP contribution in [0.3, 0.4) is 0 Å². The molecule has 0 radical (unpaired) electrons. The lowest BCUT2D eigenvalue weighted by Crippen LogP contribution is -2.27. The van der Waals surface area contributed by atoms with Crippen LogP contribution < -0.4 is 4.90 Å². The third kappa shape index (κ3) is 3.47. The van der Waals surface area contributed by atoms with E-state index in [1.165, 1.54) is 40.9 Å². The van der Waals surface area contributed by atoms with Crippen LogP contribution in [0.2, 0.25) is 0 Å². The van der Waals surface area contributed by atoms with Gasteiger partial charge in [-0.2, -0.15) is 10.2 Å². The Balaban J connectivity index is 1.73. The van der Waals surface area contributed by atoms with E-state index in [0.717, 1.165) is 0 Å². The Bertz CT molecular complexity index is 819. The van der Waals surface area contributed by atoms with Gasteiger partial charge in [0.15, 0.2) is 0 Å². The molecule has 7 nitrogen and oxygen atoms in total. The second-order valence-corrected chi connectivity index (χ2v) is 6.38. The summed E-state index contributed by atoms with van der Waals surface area (Å²) in [4.78, 5) is 23.4. The van der Waals surface area contributed by atoms with Crippen LogP contribution in [-0.4, -0.2) is 20.9 Å². The summed E-state index contributed by atoms with van der Waals surface area (Å²) in [5.41, 5.74) is 1.81. The number of nitro groups is 1. The molecule has 0 aromatic heterocycles. The number of hydrogen-bond acceptors (Lipinski definition) is 7. The van der Waals surface area contributed by atoms with Crippen LogP contribution in [0.1, 0.15) is 0 Å². The fourth-order valence-electron chi connectivity index (χ4n) is 2.03. The van der Waals surface area contributed by atoms with E-state index in [2.05, 4.69) is 10.2 Å². The molecule has 0 aliphatic carbocycles. The lowest BCUT2D eigenvalue weighted by molar-refractivity contribution is -0.384. The standard InChI is InChI=1S/C15H10N4O3S2/c20-14-9-24-15(23)18(14)12-5-1-10(2-6-12)16-17-11-3-7-13(8-4-11)19(21)22/h1-8H,9H2. The molecule has 1 amide bonds. The van der Waals surface area contributed by atoms with Gasteiger partial charge in [-0.25, -0.2) is 0 Å². The van der Waals surface area contributed by atoms with Crippen LogP contribution in [0.15, 0.2) is 58.8 Å². The summed E-state index contributed by atoms with van der Waals surface area (Å²) in [7, 11) is 0. The van der Waals surface area contributed by atoms with E-state index in [1.807, 2.05) is 0 Å². The normalized spacial score (nSPS) is 14.6. The van der Waals surface area contributed by atoms with Crippen molar-refractivity contribution in [1.82, 2.24) is 0 Å². The molecule has 1 fully saturated rings. The minimum absolute atomic E-state index is 0.00224. The van der Waals surface area contributed by atoms with Gasteiger partial charge in [0.05, 0.1) is 27.7 Å². The van der Waals surface area contributed by atoms with E-state index in [4.69, 9.17) is 12.2 Å². The summed E-state index contributed by atoms with van der Waals surface area (Å²) < 4.78 is 0.542. The first-order valence-electron chi connectivity index (χ1n) is 6.80. The van der Waals surface area contributed by atoms with Crippen molar-refractivity contribution in [3.05, 3.63) is 58.6 Å². The number of azo groups is 1. The monoisotopic (exact) mass is 358 g/mol. The molecule has 0 bridgehead atoms. The van der Waals surface area contributed by atoms with Crippen LogP contribution >= 0.6 is 24.0 Å². The lowest BCUT2D eigenvalue weighted by Gasteiger charge is -2.14. The lowest BCUT2D eigenvalue weighted by atomic mass is 10.2. The average Bonchev–Trinajstić information content (AvgIpc) is 2.92. The number of thioether (sulfide) groups is 1. The zero-order valence-electron chi connectivity index (χ0n) is 12.2. The van der Waals surface area contributed by atoms with Gasteiger partial charge in [0, 0.05) is 12.1 Å². The maximum absolute atomic E-state index is 11.8. The molecule has 1 heterocycles. The first-order chi connectivity index (χ1) is 11.5. The average molecular weight is 358 g/mol.